The summed E-state index contributed by atoms with van der Waals surface area (Å²) in [6.45, 7) is 11.4. The third kappa shape index (κ3) is 44.0. The van der Waals surface area contributed by atoms with Gasteiger partial charge in [0.15, 0.2) is 6.10 Å². The molecule has 0 aromatic rings. The lowest BCUT2D eigenvalue weighted by atomic mass is 10.00. The largest absolute Gasteiger partial charge is 0.462 e. The molecule has 0 aromatic heterocycles. The quantitative estimate of drug-likeness (QED) is 0.0346. The SMILES string of the molecule is CCCCCCCCCCCCCCCC(=O)OC[C@@H](COC(=O)CCCCCCCCC(C)CC)OC(=O)CCCCCCCCCCCCCCCCC(C)C. The number of esters is 3. The molecule has 344 valence electrons. The van der Waals surface area contributed by atoms with Crippen molar-refractivity contribution in [1.29, 1.82) is 0 Å². The minimum atomic E-state index is -0.762. The van der Waals surface area contributed by atoms with E-state index in [0.29, 0.717) is 19.3 Å². The minimum Gasteiger partial charge on any atom is -0.462 e. The summed E-state index contributed by atoms with van der Waals surface area (Å²) < 4.78 is 16.8. The molecule has 0 heterocycles. The Balaban J connectivity index is 4.29. The first-order valence-electron chi connectivity index (χ1n) is 25.8. The van der Waals surface area contributed by atoms with Gasteiger partial charge in [0.1, 0.15) is 13.2 Å². The topological polar surface area (TPSA) is 78.9 Å². The fourth-order valence-corrected chi connectivity index (χ4v) is 7.78. The molecule has 0 bridgehead atoms. The van der Waals surface area contributed by atoms with E-state index in [1.165, 1.54) is 173 Å². The van der Waals surface area contributed by atoms with Crippen molar-refractivity contribution in [1.82, 2.24) is 0 Å². The number of hydrogen-bond acceptors (Lipinski definition) is 6. The van der Waals surface area contributed by atoms with E-state index in [1.807, 2.05) is 0 Å². The zero-order valence-electron chi connectivity index (χ0n) is 39.7. The van der Waals surface area contributed by atoms with E-state index < -0.39 is 6.10 Å². The van der Waals surface area contributed by atoms with Gasteiger partial charge < -0.3 is 14.2 Å². The van der Waals surface area contributed by atoms with Crippen LogP contribution in [-0.4, -0.2) is 37.2 Å². The molecule has 0 rings (SSSR count). The molecule has 1 unspecified atom stereocenters. The van der Waals surface area contributed by atoms with Crippen molar-refractivity contribution in [3.63, 3.8) is 0 Å². The Morgan fingerprint density at radius 3 is 0.983 bits per heavy atom. The molecular formula is C52H100O6. The highest BCUT2D eigenvalue weighted by Gasteiger charge is 2.19. The van der Waals surface area contributed by atoms with Crippen molar-refractivity contribution in [3.05, 3.63) is 0 Å². The second kappa shape index (κ2) is 44.9. The number of unbranched alkanes of at least 4 members (excludes halogenated alkanes) is 30. The molecule has 0 radical (unpaired) electrons. The summed E-state index contributed by atoms with van der Waals surface area (Å²) in [5.41, 5.74) is 0. The van der Waals surface area contributed by atoms with Crippen LogP contribution in [0.5, 0.6) is 0 Å². The Morgan fingerprint density at radius 1 is 0.362 bits per heavy atom. The lowest BCUT2D eigenvalue weighted by Gasteiger charge is -2.18. The molecule has 0 aliphatic heterocycles. The fraction of sp³-hybridized carbons (Fsp3) is 0.942. The van der Waals surface area contributed by atoms with Gasteiger partial charge in [-0.15, -0.1) is 0 Å². The van der Waals surface area contributed by atoms with E-state index in [4.69, 9.17) is 14.2 Å². The van der Waals surface area contributed by atoms with Gasteiger partial charge in [-0.25, -0.2) is 0 Å². The molecule has 0 aliphatic rings. The van der Waals surface area contributed by atoms with Crippen LogP contribution in [-0.2, 0) is 28.6 Å². The third-order valence-electron chi connectivity index (χ3n) is 12.1. The lowest BCUT2D eigenvalue weighted by Crippen LogP contribution is -2.30. The molecule has 0 aromatic carbocycles. The molecule has 0 spiro atoms. The Bertz CT molecular complexity index is 887. The Hall–Kier alpha value is -1.59. The molecule has 6 heteroatoms. The van der Waals surface area contributed by atoms with E-state index in [1.54, 1.807) is 0 Å². The average molecular weight is 821 g/mol. The summed E-state index contributed by atoms with van der Waals surface area (Å²) in [5, 5.41) is 0. The molecule has 0 aliphatic carbocycles. The van der Waals surface area contributed by atoms with Gasteiger partial charge in [-0.3, -0.25) is 14.4 Å². The van der Waals surface area contributed by atoms with Crippen LogP contribution in [0.1, 0.15) is 285 Å². The first-order chi connectivity index (χ1) is 28.3. The van der Waals surface area contributed by atoms with Crippen molar-refractivity contribution in [2.45, 2.75) is 291 Å². The van der Waals surface area contributed by atoms with Crippen LogP contribution < -0.4 is 0 Å². The van der Waals surface area contributed by atoms with Crippen molar-refractivity contribution in [3.8, 4) is 0 Å². The predicted octanol–water partition coefficient (Wildman–Crippen LogP) is 16.5. The number of carbonyl (C=O) groups is 3. The molecule has 58 heavy (non-hydrogen) atoms. The average Bonchev–Trinajstić information content (AvgIpc) is 3.21. The molecule has 0 saturated carbocycles. The van der Waals surface area contributed by atoms with E-state index in [2.05, 4.69) is 34.6 Å². The van der Waals surface area contributed by atoms with Crippen molar-refractivity contribution in [2.24, 2.45) is 11.8 Å². The number of rotatable bonds is 46. The van der Waals surface area contributed by atoms with Gasteiger partial charge in [0.05, 0.1) is 0 Å². The second-order valence-corrected chi connectivity index (χ2v) is 18.5. The van der Waals surface area contributed by atoms with E-state index in [9.17, 15) is 14.4 Å². The molecule has 0 fully saturated rings. The van der Waals surface area contributed by atoms with Gasteiger partial charge in [0.2, 0.25) is 0 Å². The standard InChI is InChI=1S/C52H100O6/c1-6-8-9-10-11-12-13-16-20-23-26-32-37-42-50(53)56-45-49(46-57-51(54)43-38-33-29-28-31-36-41-48(5)7-2)58-52(55)44-39-34-27-24-21-18-15-14-17-19-22-25-30-35-40-47(3)4/h47-49H,6-46H2,1-5H3/t48?,49-/m0/s1. The van der Waals surface area contributed by atoms with E-state index >= 15 is 0 Å². The maximum Gasteiger partial charge on any atom is 0.306 e. The number of ether oxygens (including phenoxy) is 3. The van der Waals surface area contributed by atoms with Crippen molar-refractivity contribution >= 4 is 17.9 Å². The van der Waals surface area contributed by atoms with Crippen LogP contribution in [0.4, 0.5) is 0 Å². The maximum absolute atomic E-state index is 12.8. The zero-order chi connectivity index (χ0) is 42.6. The highest BCUT2D eigenvalue weighted by Crippen LogP contribution is 2.18. The summed E-state index contributed by atoms with van der Waals surface area (Å²) in [6, 6.07) is 0. The van der Waals surface area contributed by atoms with Gasteiger partial charge in [-0.2, -0.15) is 0 Å². The highest BCUT2D eigenvalue weighted by molar-refractivity contribution is 5.71. The van der Waals surface area contributed by atoms with Crippen LogP contribution in [0.25, 0.3) is 0 Å². The number of hydrogen-bond donors (Lipinski definition) is 0. The van der Waals surface area contributed by atoms with Crippen LogP contribution in [0.15, 0.2) is 0 Å². The maximum atomic E-state index is 12.8. The minimum absolute atomic E-state index is 0.0642. The first-order valence-corrected chi connectivity index (χ1v) is 25.8. The summed E-state index contributed by atoms with van der Waals surface area (Å²) in [6.07, 6.45) is 45.2. The Morgan fingerprint density at radius 2 is 0.655 bits per heavy atom. The summed E-state index contributed by atoms with van der Waals surface area (Å²) >= 11 is 0. The second-order valence-electron chi connectivity index (χ2n) is 18.5. The zero-order valence-corrected chi connectivity index (χ0v) is 39.7. The molecular weight excluding hydrogens is 721 g/mol. The van der Waals surface area contributed by atoms with Crippen molar-refractivity contribution < 1.29 is 28.6 Å². The third-order valence-corrected chi connectivity index (χ3v) is 12.1. The van der Waals surface area contributed by atoms with Crippen LogP contribution in [0.2, 0.25) is 0 Å². The molecule has 0 N–H and O–H groups in total. The van der Waals surface area contributed by atoms with Gasteiger partial charge in [0.25, 0.3) is 0 Å². The van der Waals surface area contributed by atoms with Gasteiger partial charge in [-0.05, 0) is 31.1 Å². The number of carbonyl (C=O) groups excluding carboxylic acids is 3. The molecule has 0 amide bonds. The first kappa shape index (κ1) is 56.4. The molecule has 0 saturated heterocycles. The van der Waals surface area contributed by atoms with Gasteiger partial charge >= 0.3 is 17.9 Å². The Kier molecular flexibility index (Phi) is 43.7. The normalized spacial score (nSPS) is 12.5. The van der Waals surface area contributed by atoms with Gasteiger partial charge in [0, 0.05) is 19.3 Å². The monoisotopic (exact) mass is 821 g/mol. The summed E-state index contributed by atoms with van der Waals surface area (Å²) in [4.78, 5) is 37.9. The lowest BCUT2D eigenvalue weighted by molar-refractivity contribution is -0.167. The highest BCUT2D eigenvalue weighted by atomic mass is 16.6. The summed E-state index contributed by atoms with van der Waals surface area (Å²) in [7, 11) is 0. The Labute approximate surface area is 361 Å². The molecule has 6 nitrogen and oxygen atoms in total. The van der Waals surface area contributed by atoms with Crippen LogP contribution in [0.3, 0.4) is 0 Å². The van der Waals surface area contributed by atoms with Crippen molar-refractivity contribution in [2.75, 3.05) is 13.2 Å². The smallest absolute Gasteiger partial charge is 0.306 e. The van der Waals surface area contributed by atoms with Gasteiger partial charge in [-0.1, -0.05) is 247 Å². The summed E-state index contributed by atoms with van der Waals surface area (Å²) in [5.74, 6) is 0.807. The van der Waals surface area contributed by atoms with E-state index in [0.717, 1.165) is 69.6 Å². The predicted molar refractivity (Wildman–Crippen MR) is 247 cm³/mol. The van der Waals surface area contributed by atoms with Crippen LogP contribution in [0, 0.1) is 11.8 Å². The van der Waals surface area contributed by atoms with E-state index in [-0.39, 0.29) is 31.1 Å². The fourth-order valence-electron chi connectivity index (χ4n) is 7.78. The van der Waals surface area contributed by atoms with Crippen LogP contribution >= 0.6 is 0 Å². The molecule has 2 atom stereocenters.